The number of aromatic nitrogens is 2. The average molecular weight is 743 g/mol. The van der Waals surface area contributed by atoms with Crippen LogP contribution in [0.15, 0.2) is 224 Å². The molecule has 4 nitrogen and oxygen atoms in total. The van der Waals surface area contributed by atoms with Gasteiger partial charge in [0.25, 0.3) is 0 Å². The standard InChI is InChI=1S/C54H38N4/c1-4-14-37(15-5-1)42-26-27-52-49(36-42)53(41-18-8-3-9-19-41)58-54(57-52)48-33-43(38-16-6-2-7-17-38)30-44(34-48)39-22-24-40(25-23-39)45-31-46(50-20-10-12-28-55-50)35-47(32-45)51-21-11-13-29-56-51/h1-36,54,57H. The van der Waals surface area contributed by atoms with Crippen LogP contribution < -0.4 is 5.32 Å². The average Bonchev–Trinajstić information content (AvgIpc) is 3.32. The SMILES string of the molecule is c1ccc(C2=NC(c3cc(-c4ccccc4)cc(-c4ccc(-c5cc(-c6ccccn6)cc(-c6ccccn6)c5)cc4)c3)Nc3ccc(-c4ccccc4)cc32)cc1. The van der Waals surface area contributed by atoms with Crippen molar-refractivity contribution in [3.05, 3.63) is 235 Å². The van der Waals surface area contributed by atoms with Gasteiger partial charge in [0.05, 0.1) is 17.1 Å². The summed E-state index contributed by atoms with van der Waals surface area (Å²) >= 11 is 0. The number of aliphatic imine (C=N–C) groups is 1. The van der Waals surface area contributed by atoms with Gasteiger partial charge in [-0.3, -0.25) is 15.0 Å². The van der Waals surface area contributed by atoms with Gasteiger partial charge < -0.3 is 5.32 Å². The number of rotatable bonds is 8. The van der Waals surface area contributed by atoms with Crippen LogP contribution >= 0.6 is 0 Å². The minimum absolute atomic E-state index is 0.300. The number of nitrogens with one attached hydrogen (secondary N) is 1. The van der Waals surface area contributed by atoms with Crippen LogP contribution in [0.25, 0.3) is 67.0 Å². The lowest BCUT2D eigenvalue weighted by Gasteiger charge is -2.27. The van der Waals surface area contributed by atoms with Gasteiger partial charge in [-0.15, -0.1) is 0 Å². The Balaban J connectivity index is 1.06. The molecule has 0 spiro atoms. The maximum Gasteiger partial charge on any atom is 0.145 e. The van der Waals surface area contributed by atoms with E-state index >= 15 is 0 Å². The Morgan fingerprint density at radius 2 is 0.759 bits per heavy atom. The molecule has 0 saturated carbocycles. The molecule has 0 bridgehead atoms. The second kappa shape index (κ2) is 15.4. The summed E-state index contributed by atoms with van der Waals surface area (Å²) in [7, 11) is 0. The first-order valence-corrected chi connectivity index (χ1v) is 19.6. The van der Waals surface area contributed by atoms with Gasteiger partial charge in [0.15, 0.2) is 0 Å². The molecule has 0 radical (unpaired) electrons. The van der Waals surface area contributed by atoms with Crippen LogP contribution in [0.5, 0.6) is 0 Å². The van der Waals surface area contributed by atoms with E-state index in [2.05, 4.69) is 197 Å². The van der Waals surface area contributed by atoms with Gasteiger partial charge in [-0.05, 0) is 123 Å². The summed E-state index contributed by atoms with van der Waals surface area (Å²) in [4.78, 5) is 14.8. The number of fused-ring (bicyclic) bond motifs is 1. The lowest BCUT2D eigenvalue weighted by molar-refractivity contribution is 0.829. The Kier molecular flexibility index (Phi) is 9.26. The van der Waals surface area contributed by atoms with Crippen LogP contribution in [0.1, 0.15) is 22.9 Å². The zero-order chi connectivity index (χ0) is 38.7. The van der Waals surface area contributed by atoms with Gasteiger partial charge in [-0.1, -0.05) is 133 Å². The fourth-order valence-electron chi connectivity index (χ4n) is 7.82. The molecule has 0 saturated heterocycles. The minimum Gasteiger partial charge on any atom is -0.360 e. The van der Waals surface area contributed by atoms with Crippen LogP contribution in [0.3, 0.4) is 0 Å². The molecule has 1 aliphatic heterocycles. The summed E-state index contributed by atoms with van der Waals surface area (Å²) in [5.74, 6) is 0. The summed E-state index contributed by atoms with van der Waals surface area (Å²) in [5, 5.41) is 3.82. The van der Waals surface area contributed by atoms with Gasteiger partial charge in [0, 0.05) is 40.3 Å². The third-order valence-electron chi connectivity index (χ3n) is 10.8. The van der Waals surface area contributed by atoms with Crippen LogP contribution in [-0.4, -0.2) is 15.7 Å². The molecule has 2 aromatic heterocycles. The van der Waals surface area contributed by atoms with E-state index in [9.17, 15) is 0 Å². The topological polar surface area (TPSA) is 50.2 Å². The van der Waals surface area contributed by atoms with E-state index in [1.807, 2.05) is 36.7 Å². The molecule has 1 atom stereocenters. The molecule has 9 aromatic rings. The van der Waals surface area contributed by atoms with Gasteiger partial charge in [0.1, 0.15) is 6.17 Å². The van der Waals surface area contributed by atoms with Crippen molar-refractivity contribution in [2.24, 2.45) is 4.99 Å². The summed E-state index contributed by atoms with van der Waals surface area (Å²) < 4.78 is 0. The highest BCUT2D eigenvalue weighted by atomic mass is 15.1. The zero-order valence-electron chi connectivity index (χ0n) is 31.7. The van der Waals surface area contributed by atoms with Crippen LogP contribution in [-0.2, 0) is 0 Å². The van der Waals surface area contributed by atoms with Gasteiger partial charge in [0.2, 0.25) is 0 Å². The highest BCUT2D eigenvalue weighted by Gasteiger charge is 2.24. The van der Waals surface area contributed by atoms with E-state index in [1.165, 1.54) is 5.56 Å². The molecular weight excluding hydrogens is 705 g/mol. The monoisotopic (exact) mass is 742 g/mol. The number of hydrogen-bond acceptors (Lipinski definition) is 4. The molecule has 1 N–H and O–H groups in total. The molecule has 4 heteroatoms. The Morgan fingerprint density at radius 3 is 1.29 bits per heavy atom. The van der Waals surface area contributed by atoms with E-state index in [0.717, 1.165) is 89.5 Å². The molecule has 0 amide bonds. The first-order chi connectivity index (χ1) is 28.7. The van der Waals surface area contributed by atoms with Crippen molar-refractivity contribution in [1.82, 2.24) is 9.97 Å². The first-order valence-electron chi connectivity index (χ1n) is 19.6. The lowest BCUT2D eigenvalue weighted by Crippen LogP contribution is -2.21. The molecule has 58 heavy (non-hydrogen) atoms. The van der Waals surface area contributed by atoms with E-state index in [0.29, 0.717) is 0 Å². The number of nitrogens with zero attached hydrogens (tertiary/aromatic N) is 3. The maximum absolute atomic E-state index is 5.48. The third-order valence-corrected chi connectivity index (χ3v) is 10.8. The fraction of sp³-hybridized carbons (Fsp3) is 0.0185. The molecule has 10 rings (SSSR count). The number of anilines is 1. The predicted octanol–water partition coefficient (Wildman–Crippen LogP) is 13.4. The number of hydrogen-bond donors (Lipinski definition) is 1. The van der Waals surface area contributed by atoms with Crippen LogP contribution in [0.2, 0.25) is 0 Å². The summed E-state index contributed by atoms with van der Waals surface area (Å²) in [5.41, 5.74) is 18.4. The van der Waals surface area contributed by atoms with Gasteiger partial charge >= 0.3 is 0 Å². The summed E-state index contributed by atoms with van der Waals surface area (Å²) in [6.45, 7) is 0. The minimum atomic E-state index is -0.300. The molecule has 0 aliphatic carbocycles. The van der Waals surface area contributed by atoms with Gasteiger partial charge in [-0.25, -0.2) is 0 Å². The van der Waals surface area contributed by atoms with Crippen LogP contribution in [0.4, 0.5) is 5.69 Å². The Hall–Kier alpha value is -7.69. The molecule has 3 heterocycles. The molecule has 1 aliphatic rings. The second-order valence-corrected chi connectivity index (χ2v) is 14.5. The van der Waals surface area contributed by atoms with Crippen LogP contribution in [0, 0.1) is 0 Å². The van der Waals surface area contributed by atoms with E-state index in [4.69, 9.17) is 4.99 Å². The van der Waals surface area contributed by atoms with Crippen molar-refractivity contribution >= 4 is 11.4 Å². The quantitative estimate of drug-likeness (QED) is 0.169. The Labute approximate surface area is 338 Å². The number of pyridine rings is 2. The van der Waals surface area contributed by atoms with Crippen molar-refractivity contribution in [1.29, 1.82) is 0 Å². The van der Waals surface area contributed by atoms with Crippen molar-refractivity contribution in [3.8, 4) is 67.0 Å². The van der Waals surface area contributed by atoms with Gasteiger partial charge in [-0.2, -0.15) is 0 Å². The highest BCUT2D eigenvalue weighted by molar-refractivity contribution is 6.17. The molecule has 274 valence electrons. The first kappa shape index (κ1) is 34.8. The highest BCUT2D eigenvalue weighted by Crippen LogP contribution is 2.39. The van der Waals surface area contributed by atoms with E-state index in [-0.39, 0.29) is 6.17 Å². The molecular formula is C54H38N4. The van der Waals surface area contributed by atoms with E-state index < -0.39 is 0 Å². The zero-order valence-corrected chi connectivity index (χ0v) is 31.7. The van der Waals surface area contributed by atoms with E-state index in [1.54, 1.807) is 0 Å². The van der Waals surface area contributed by atoms with Crippen molar-refractivity contribution in [2.45, 2.75) is 6.17 Å². The normalized spacial score (nSPS) is 13.2. The van der Waals surface area contributed by atoms with Crippen molar-refractivity contribution in [2.75, 3.05) is 5.32 Å². The Morgan fingerprint density at radius 1 is 0.328 bits per heavy atom. The largest absolute Gasteiger partial charge is 0.360 e. The fourth-order valence-corrected chi connectivity index (χ4v) is 7.82. The molecule has 0 fully saturated rings. The summed E-state index contributed by atoms with van der Waals surface area (Å²) in [6.07, 6.45) is 3.38. The predicted molar refractivity (Wildman–Crippen MR) is 240 cm³/mol. The Bertz CT molecular complexity index is 2820. The maximum atomic E-state index is 5.48. The lowest BCUT2D eigenvalue weighted by atomic mass is 9.91. The number of benzene rings is 7. The second-order valence-electron chi connectivity index (χ2n) is 14.5. The molecule has 1 unspecified atom stereocenters. The molecule has 7 aromatic carbocycles. The van der Waals surface area contributed by atoms with Crippen molar-refractivity contribution in [3.63, 3.8) is 0 Å². The third kappa shape index (κ3) is 7.11. The smallest absolute Gasteiger partial charge is 0.145 e. The summed E-state index contributed by atoms with van der Waals surface area (Å²) in [6, 6.07) is 72.7. The van der Waals surface area contributed by atoms with Crippen molar-refractivity contribution < 1.29 is 0 Å².